The summed E-state index contributed by atoms with van der Waals surface area (Å²) in [4.78, 5) is 37.7. The quantitative estimate of drug-likeness (QED) is 0.389. The Balaban J connectivity index is 2.04. The molecule has 0 saturated heterocycles. The lowest BCUT2D eigenvalue weighted by Gasteiger charge is -2.01. The minimum atomic E-state index is -0.645. The lowest BCUT2D eigenvalue weighted by atomic mass is 10.2. The number of benzene rings is 2. The minimum Gasteiger partial charge on any atom is -0.258 e. The molecule has 0 aliphatic rings. The zero-order chi connectivity index (χ0) is 19.3. The molecule has 134 valence electrons. The molecule has 12 heteroatoms. The van der Waals surface area contributed by atoms with Crippen LogP contribution in [0.3, 0.4) is 0 Å². The van der Waals surface area contributed by atoms with Crippen LogP contribution in [-0.2, 0) is 0 Å². The van der Waals surface area contributed by atoms with E-state index in [1.807, 2.05) is 0 Å². The molecular weight excluding hydrogens is 380 g/mol. The highest BCUT2D eigenvalue weighted by atomic mass is 35.5. The van der Waals surface area contributed by atoms with Crippen LogP contribution in [-0.4, -0.2) is 29.0 Å². The van der Waals surface area contributed by atoms with E-state index in [1.54, 1.807) is 0 Å². The fourth-order valence-corrected chi connectivity index (χ4v) is 2.92. The van der Waals surface area contributed by atoms with Crippen LogP contribution in [0.2, 0.25) is 5.15 Å². The van der Waals surface area contributed by atoms with Crippen molar-refractivity contribution in [1.82, 2.24) is 19.2 Å². The zero-order valence-corrected chi connectivity index (χ0v) is 13.9. The van der Waals surface area contributed by atoms with Gasteiger partial charge in [0.25, 0.3) is 11.4 Å². The largest absolute Gasteiger partial charge is 0.355 e. The summed E-state index contributed by atoms with van der Waals surface area (Å²) < 4.78 is 2.10. The number of para-hydroxylation sites is 1. The molecule has 0 amide bonds. The maximum Gasteiger partial charge on any atom is 0.355 e. The van der Waals surface area contributed by atoms with Crippen LogP contribution in [0, 0.1) is 20.2 Å². The van der Waals surface area contributed by atoms with Gasteiger partial charge in [0.15, 0.2) is 16.3 Å². The van der Waals surface area contributed by atoms with Gasteiger partial charge in [-0.25, -0.2) is 14.2 Å². The number of aromatic nitrogens is 4. The number of halogens is 1. The number of nitro groups is 2. The predicted molar refractivity (Wildman–Crippen MR) is 94.4 cm³/mol. The highest BCUT2D eigenvalue weighted by Gasteiger charge is 2.21. The number of nitrogens with zero attached hydrogens (tertiary/aromatic N) is 6. The van der Waals surface area contributed by atoms with Crippen LogP contribution in [0.1, 0.15) is 0 Å². The van der Waals surface area contributed by atoms with Crippen molar-refractivity contribution in [3.63, 3.8) is 0 Å². The van der Waals surface area contributed by atoms with Gasteiger partial charge in [-0.05, 0) is 18.2 Å². The highest BCUT2D eigenvalue weighted by Crippen LogP contribution is 2.26. The molecule has 27 heavy (non-hydrogen) atoms. The Bertz CT molecular complexity index is 1310. The van der Waals surface area contributed by atoms with Gasteiger partial charge in [-0.2, -0.15) is 4.68 Å². The van der Waals surface area contributed by atoms with Crippen molar-refractivity contribution in [1.29, 1.82) is 0 Å². The molecule has 0 bridgehead atoms. The van der Waals surface area contributed by atoms with E-state index >= 15 is 0 Å². The Kier molecular flexibility index (Phi) is 3.59. The van der Waals surface area contributed by atoms with Gasteiger partial charge in [-0.1, -0.05) is 17.7 Å². The van der Waals surface area contributed by atoms with Crippen LogP contribution in [0.4, 0.5) is 11.4 Å². The fraction of sp³-hybridized carbons (Fsp3) is 0. The van der Waals surface area contributed by atoms with Crippen molar-refractivity contribution in [2.45, 2.75) is 0 Å². The molecule has 0 N–H and O–H groups in total. The molecule has 2 aromatic carbocycles. The Morgan fingerprint density at radius 1 is 1.00 bits per heavy atom. The average molecular weight is 387 g/mol. The van der Waals surface area contributed by atoms with E-state index in [0.717, 1.165) is 9.08 Å². The monoisotopic (exact) mass is 386 g/mol. The van der Waals surface area contributed by atoms with E-state index < -0.39 is 15.5 Å². The first-order valence-electron chi connectivity index (χ1n) is 7.37. The van der Waals surface area contributed by atoms with E-state index in [2.05, 4.69) is 10.1 Å². The summed E-state index contributed by atoms with van der Waals surface area (Å²) in [6.07, 6.45) is 0. The van der Waals surface area contributed by atoms with E-state index in [-0.39, 0.29) is 38.9 Å². The molecule has 0 atom stereocenters. The molecule has 0 fully saturated rings. The maximum absolute atomic E-state index is 12.9. The molecule has 4 rings (SSSR count). The number of fused-ring (bicyclic) bond motifs is 3. The van der Waals surface area contributed by atoms with E-state index in [4.69, 9.17) is 11.6 Å². The zero-order valence-electron chi connectivity index (χ0n) is 13.1. The fourth-order valence-electron chi connectivity index (χ4n) is 2.71. The second kappa shape index (κ2) is 5.85. The van der Waals surface area contributed by atoms with Crippen molar-refractivity contribution in [2.75, 3.05) is 0 Å². The number of hydrogen-bond acceptors (Lipinski definition) is 7. The number of non-ortho nitro benzene ring substituents is 2. The second-order valence-corrected chi connectivity index (χ2v) is 5.79. The van der Waals surface area contributed by atoms with Crippen LogP contribution < -0.4 is 5.69 Å². The highest BCUT2D eigenvalue weighted by molar-refractivity contribution is 6.32. The van der Waals surface area contributed by atoms with Crippen LogP contribution >= 0.6 is 11.6 Å². The molecule has 0 aliphatic heterocycles. The first-order chi connectivity index (χ1) is 12.9. The summed E-state index contributed by atoms with van der Waals surface area (Å²) in [5, 5.41) is 25.9. The Morgan fingerprint density at radius 3 is 2.33 bits per heavy atom. The molecule has 4 aromatic rings. The van der Waals surface area contributed by atoms with Crippen LogP contribution in [0.25, 0.3) is 22.4 Å². The molecule has 11 nitrogen and oxygen atoms in total. The predicted octanol–water partition coefficient (Wildman–Crippen LogP) is 2.50. The molecule has 0 saturated carbocycles. The molecule has 0 aliphatic carbocycles. The Hall–Kier alpha value is -3.86. The molecule has 2 heterocycles. The van der Waals surface area contributed by atoms with Gasteiger partial charge in [0.1, 0.15) is 0 Å². The van der Waals surface area contributed by atoms with Crippen molar-refractivity contribution < 1.29 is 9.85 Å². The van der Waals surface area contributed by atoms with Gasteiger partial charge < -0.3 is 0 Å². The summed E-state index contributed by atoms with van der Waals surface area (Å²) in [5.74, 6) is 0. The SMILES string of the molecule is O=c1n(-c2ccc([N+](=O)[O-])cc2)nc2c(Cl)nc3c([N+](=O)[O-])cccc3n12. The van der Waals surface area contributed by atoms with Crippen molar-refractivity contribution >= 4 is 39.7 Å². The average Bonchev–Trinajstić information content (AvgIpc) is 3.00. The summed E-state index contributed by atoms with van der Waals surface area (Å²) in [6.45, 7) is 0. The van der Waals surface area contributed by atoms with E-state index in [9.17, 15) is 25.0 Å². The maximum atomic E-state index is 12.9. The summed E-state index contributed by atoms with van der Waals surface area (Å²) in [5.41, 5.74) is -0.694. The standard InChI is InChI=1S/C15H7ClN6O5/c16-13-14-18-20(8-4-6-9(7-5-8)21(24)25)15(23)19(14)10-2-1-3-11(22(26)27)12(10)17-13/h1-7H. The third-order valence-electron chi connectivity index (χ3n) is 3.91. The second-order valence-electron chi connectivity index (χ2n) is 5.43. The van der Waals surface area contributed by atoms with Crippen LogP contribution in [0.5, 0.6) is 0 Å². The van der Waals surface area contributed by atoms with E-state index in [1.165, 1.54) is 42.5 Å². The smallest absolute Gasteiger partial charge is 0.258 e. The summed E-state index contributed by atoms with van der Waals surface area (Å²) in [6, 6.07) is 9.34. The van der Waals surface area contributed by atoms with Gasteiger partial charge in [-0.15, -0.1) is 5.10 Å². The van der Waals surface area contributed by atoms with Gasteiger partial charge in [0, 0.05) is 18.2 Å². The third-order valence-corrected chi connectivity index (χ3v) is 4.16. The topological polar surface area (TPSA) is 138 Å². The van der Waals surface area contributed by atoms with Crippen LogP contribution in [0.15, 0.2) is 47.3 Å². The minimum absolute atomic E-state index is 0.00742. The first-order valence-corrected chi connectivity index (χ1v) is 7.75. The van der Waals surface area contributed by atoms with Crippen molar-refractivity contribution in [3.8, 4) is 5.69 Å². The summed E-state index contributed by atoms with van der Waals surface area (Å²) >= 11 is 6.09. The molecular formula is C15H7ClN6O5. The van der Waals surface area contributed by atoms with Gasteiger partial charge in [0.05, 0.1) is 21.1 Å². The lowest BCUT2D eigenvalue weighted by molar-refractivity contribution is -0.384. The first kappa shape index (κ1) is 16.6. The normalized spacial score (nSPS) is 11.1. The van der Waals surface area contributed by atoms with Gasteiger partial charge >= 0.3 is 5.69 Å². The molecule has 0 unspecified atom stereocenters. The Morgan fingerprint density at radius 2 is 1.70 bits per heavy atom. The number of hydrogen-bond donors (Lipinski definition) is 0. The van der Waals surface area contributed by atoms with Crippen molar-refractivity contribution in [2.24, 2.45) is 0 Å². The van der Waals surface area contributed by atoms with Gasteiger partial charge in [-0.3, -0.25) is 20.2 Å². The molecule has 0 spiro atoms. The van der Waals surface area contributed by atoms with Crippen molar-refractivity contribution in [3.05, 3.63) is 78.3 Å². The molecule has 2 aromatic heterocycles. The number of rotatable bonds is 3. The molecule has 0 radical (unpaired) electrons. The Labute approximate surface area is 153 Å². The van der Waals surface area contributed by atoms with E-state index in [0.29, 0.717) is 0 Å². The lowest BCUT2D eigenvalue weighted by Crippen LogP contribution is -2.20. The number of nitro benzene ring substituents is 2. The summed E-state index contributed by atoms with van der Waals surface area (Å²) in [7, 11) is 0. The van der Waals surface area contributed by atoms with Gasteiger partial charge in [0.2, 0.25) is 0 Å². The third kappa shape index (κ3) is 2.48.